The first-order valence-electron chi connectivity index (χ1n) is 5.35. The van der Waals surface area contributed by atoms with Crippen LogP contribution in [0.3, 0.4) is 0 Å². The maximum absolute atomic E-state index is 9.25. The van der Waals surface area contributed by atoms with Crippen molar-refractivity contribution in [3.63, 3.8) is 0 Å². The van der Waals surface area contributed by atoms with Gasteiger partial charge in [0.25, 0.3) is 5.89 Å². The summed E-state index contributed by atoms with van der Waals surface area (Å²) in [4.78, 5) is 5.26. The molecule has 0 aliphatic heterocycles. The van der Waals surface area contributed by atoms with E-state index in [2.05, 4.69) is 41.3 Å². The summed E-state index contributed by atoms with van der Waals surface area (Å²) in [6, 6.07) is 8.27. The minimum Gasteiger partial charge on any atom is -0.384 e. The van der Waals surface area contributed by atoms with Gasteiger partial charge in [-0.25, -0.2) is 0 Å². The fourth-order valence-electron chi connectivity index (χ4n) is 1.28. The highest BCUT2D eigenvalue weighted by Crippen LogP contribution is 2.22. The Kier molecular flexibility index (Phi) is 3.81. The van der Waals surface area contributed by atoms with E-state index in [-0.39, 0.29) is 5.89 Å². The number of thioether (sulfide) groups is 1. The van der Waals surface area contributed by atoms with E-state index in [0.29, 0.717) is 11.6 Å². The lowest BCUT2D eigenvalue weighted by atomic mass is 10.2. The highest BCUT2D eigenvalue weighted by molar-refractivity contribution is 7.98. The largest absolute Gasteiger partial charge is 0.384 e. The van der Waals surface area contributed by atoms with Crippen LogP contribution in [0.25, 0.3) is 0 Å². The normalized spacial score (nSPS) is 12.6. The molecule has 4 nitrogen and oxygen atoms in total. The van der Waals surface area contributed by atoms with Crippen molar-refractivity contribution in [3.8, 4) is 0 Å². The lowest BCUT2D eigenvalue weighted by Gasteiger charge is -1.98. The van der Waals surface area contributed by atoms with E-state index >= 15 is 0 Å². The molecule has 0 spiro atoms. The van der Waals surface area contributed by atoms with Crippen LogP contribution in [0, 0.1) is 6.92 Å². The van der Waals surface area contributed by atoms with Crippen LogP contribution in [-0.2, 0) is 5.75 Å². The van der Waals surface area contributed by atoms with E-state index < -0.39 is 6.10 Å². The fourth-order valence-corrected chi connectivity index (χ4v) is 2.02. The Morgan fingerprint density at radius 2 is 2.06 bits per heavy atom. The van der Waals surface area contributed by atoms with Crippen LogP contribution in [-0.4, -0.2) is 15.2 Å². The molecule has 0 radical (unpaired) electrons. The van der Waals surface area contributed by atoms with Gasteiger partial charge in [0.1, 0.15) is 6.10 Å². The lowest BCUT2D eigenvalue weighted by Crippen LogP contribution is -1.91. The SMILES string of the molecule is Cc1ccc(SCc2noc([C@@H](C)O)n2)cc1. The fraction of sp³-hybridized carbons (Fsp3) is 0.333. The van der Waals surface area contributed by atoms with Gasteiger partial charge < -0.3 is 9.63 Å². The highest BCUT2D eigenvalue weighted by atomic mass is 32.2. The molecule has 17 heavy (non-hydrogen) atoms. The molecule has 0 bridgehead atoms. The van der Waals surface area contributed by atoms with Gasteiger partial charge in [0.05, 0.1) is 5.75 Å². The summed E-state index contributed by atoms with van der Waals surface area (Å²) < 4.78 is 4.91. The van der Waals surface area contributed by atoms with Gasteiger partial charge in [0, 0.05) is 4.90 Å². The van der Waals surface area contributed by atoms with Gasteiger partial charge in [-0.15, -0.1) is 11.8 Å². The summed E-state index contributed by atoms with van der Waals surface area (Å²) in [5.41, 5.74) is 1.24. The van der Waals surface area contributed by atoms with Gasteiger partial charge >= 0.3 is 0 Å². The number of aliphatic hydroxyl groups excluding tert-OH is 1. The van der Waals surface area contributed by atoms with Gasteiger partial charge in [-0.1, -0.05) is 22.9 Å². The zero-order valence-corrected chi connectivity index (χ0v) is 10.6. The maximum Gasteiger partial charge on any atom is 0.255 e. The van der Waals surface area contributed by atoms with Gasteiger partial charge in [-0.2, -0.15) is 4.98 Å². The second-order valence-corrected chi connectivity index (χ2v) is 4.88. The average molecular weight is 250 g/mol. The Balaban J connectivity index is 1.95. The Bertz CT molecular complexity index is 480. The van der Waals surface area contributed by atoms with Crippen LogP contribution in [0.5, 0.6) is 0 Å². The molecular formula is C12H14N2O2S. The Hall–Kier alpha value is -1.33. The first-order valence-corrected chi connectivity index (χ1v) is 6.34. The molecule has 0 amide bonds. The van der Waals surface area contributed by atoms with E-state index in [1.807, 2.05) is 0 Å². The third-order valence-electron chi connectivity index (χ3n) is 2.23. The van der Waals surface area contributed by atoms with Crippen LogP contribution in [0.2, 0.25) is 0 Å². The van der Waals surface area contributed by atoms with Crippen LogP contribution in [0.4, 0.5) is 0 Å². The van der Waals surface area contributed by atoms with Crippen LogP contribution in [0.15, 0.2) is 33.7 Å². The van der Waals surface area contributed by atoms with Crippen molar-refractivity contribution in [2.24, 2.45) is 0 Å². The third-order valence-corrected chi connectivity index (χ3v) is 3.24. The number of rotatable bonds is 4. The average Bonchev–Trinajstić information content (AvgIpc) is 2.77. The van der Waals surface area contributed by atoms with E-state index in [4.69, 9.17) is 4.52 Å². The highest BCUT2D eigenvalue weighted by Gasteiger charge is 2.10. The van der Waals surface area contributed by atoms with Crippen molar-refractivity contribution >= 4 is 11.8 Å². The first kappa shape index (κ1) is 12.1. The maximum atomic E-state index is 9.25. The molecule has 1 aromatic carbocycles. The Morgan fingerprint density at radius 3 is 2.65 bits per heavy atom. The molecule has 1 atom stereocenters. The van der Waals surface area contributed by atoms with Crippen molar-refractivity contribution in [2.45, 2.75) is 30.6 Å². The van der Waals surface area contributed by atoms with Gasteiger partial charge in [0.15, 0.2) is 5.82 Å². The molecule has 1 heterocycles. The predicted molar refractivity (Wildman–Crippen MR) is 65.7 cm³/mol. The summed E-state index contributed by atoms with van der Waals surface area (Å²) >= 11 is 1.64. The van der Waals surface area contributed by atoms with Crippen molar-refractivity contribution in [1.29, 1.82) is 0 Å². The van der Waals surface area contributed by atoms with Crippen molar-refractivity contribution in [3.05, 3.63) is 41.5 Å². The molecular weight excluding hydrogens is 236 g/mol. The lowest BCUT2D eigenvalue weighted by molar-refractivity contribution is 0.151. The number of aromatic nitrogens is 2. The molecule has 2 aromatic rings. The molecule has 0 saturated carbocycles. The van der Waals surface area contributed by atoms with Crippen molar-refractivity contribution < 1.29 is 9.63 Å². The van der Waals surface area contributed by atoms with Crippen molar-refractivity contribution in [2.75, 3.05) is 0 Å². The Labute approximate surface area is 104 Å². The molecule has 0 saturated heterocycles. The summed E-state index contributed by atoms with van der Waals surface area (Å²) in [6.45, 7) is 3.66. The second kappa shape index (κ2) is 5.33. The number of benzene rings is 1. The molecule has 5 heteroatoms. The second-order valence-electron chi connectivity index (χ2n) is 3.83. The number of hydrogen-bond donors (Lipinski definition) is 1. The number of aliphatic hydroxyl groups is 1. The van der Waals surface area contributed by atoms with Gasteiger partial charge in [0.2, 0.25) is 0 Å². The summed E-state index contributed by atoms with van der Waals surface area (Å²) in [7, 11) is 0. The van der Waals surface area contributed by atoms with Crippen LogP contribution < -0.4 is 0 Å². The third kappa shape index (κ3) is 3.31. The standard InChI is InChI=1S/C12H14N2O2S/c1-8-3-5-10(6-4-8)17-7-11-13-12(9(2)15)16-14-11/h3-6,9,15H,7H2,1-2H3/t9-/m1/s1. The molecule has 0 unspecified atom stereocenters. The van der Waals surface area contributed by atoms with E-state index in [1.54, 1.807) is 18.7 Å². The molecule has 2 rings (SSSR count). The smallest absolute Gasteiger partial charge is 0.255 e. The number of nitrogens with zero attached hydrogens (tertiary/aromatic N) is 2. The molecule has 0 fully saturated rings. The Morgan fingerprint density at radius 1 is 1.35 bits per heavy atom. The molecule has 1 aromatic heterocycles. The van der Waals surface area contributed by atoms with E-state index in [9.17, 15) is 5.11 Å². The first-order chi connectivity index (χ1) is 8.15. The zero-order valence-electron chi connectivity index (χ0n) is 9.75. The predicted octanol–water partition coefficient (Wildman–Crippen LogP) is 2.72. The summed E-state index contributed by atoms with van der Waals surface area (Å²) in [5, 5.41) is 13.1. The monoisotopic (exact) mass is 250 g/mol. The van der Waals surface area contributed by atoms with E-state index in [0.717, 1.165) is 0 Å². The summed E-state index contributed by atoms with van der Waals surface area (Å²) in [5.74, 6) is 1.51. The minimum absolute atomic E-state index is 0.268. The molecule has 90 valence electrons. The topological polar surface area (TPSA) is 59.2 Å². The number of aryl methyl sites for hydroxylation is 1. The summed E-state index contributed by atoms with van der Waals surface area (Å²) in [6.07, 6.45) is -0.708. The van der Waals surface area contributed by atoms with Gasteiger partial charge in [-0.3, -0.25) is 0 Å². The number of hydrogen-bond acceptors (Lipinski definition) is 5. The van der Waals surface area contributed by atoms with Gasteiger partial charge in [-0.05, 0) is 26.0 Å². The zero-order chi connectivity index (χ0) is 12.3. The van der Waals surface area contributed by atoms with Crippen LogP contribution in [0.1, 0.15) is 30.3 Å². The van der Waals surface area contributed by atoms with Crippen molar-refractivity contribution in [1.82, 2.24) is 10.1 Å². The minimum atomic E-state index is -0.708. The quantitative estimate of drug-likeness (QED) is 0.845. The van der Waals surface area contributed by atoms with Crippen LogP contribution >= 0.6 is 11.8 Å². The molecule has 1 N–H and O–H groups in total. The molecule has 0 aliphatic rings. The van der Waals surface area contributed by atoms with E-state index in [1.165, 1.54) is 10.5 Å². The molecule has 0 aliphatic carbocycles.